The van der Waals surface area contributed by atoms with Gasteiger partial charge in [0.1, 0.15) is 22.7 Å². The van der Waals surface area contributed by atoms with E-state index in [1.165, 1.54) is 0 Å². The van der Waals surface area contributed by atoms with Crippen LogP contribution in [-0.4, -0.2) is 0 Å². The molecule has 2 heterocycles. The maximum atomic E-state index is 6.62. The second-order valence-corrected chi connectivity index (χ2v) is 12.5. The lowest BCUT2D eigenvalue weighted by Gasteiger charge is -2.29. The molecule has 224 valence electrons. The van der Waals surface area contributed by atoms with Crippen LogP contribution in [0.3, 0.4) is 0 Å². The van der Waals surface area contributed by atoms with Gasteiger partial charge in [0.25, 0.3) is 0 Å². The first-order valence-corrected chi connectivity index (χ1v) is 16.4. The molecule has 7 aromatic carbocycles. The first kappa shape index (κ1) is 27.4. The van der Waals surface area contributed by atoms with Gasteiger partial charge in [-0.25, -0.2) is 0 Å². The van der Waals surface area contributed by atoms with E-state index in [4.69, 9.17) is 9.15 Å². The summed E-state index contributed by atoms with van der Waals surface area (Å²) in [6, 6.07) is 58.9. The van der Waals surface area contributed by atoms with E-state index < -0.39 is 0 Å². The monoisotopic (exact) mass is 624 g/mol. The number of hydrogen-bond donors (Lipinski definition) is 0. The Bertz CT molecular complexity index is 2330. The summed E-state index contributed by atoms with van der Waals surface area (Å²) < 4.78 is 12.8. The standard InChI is InChI=1S/C42H28N2O2S/c1-4-12-29(13-5-1)43(30-14-6-2-7-15-30)34-21-24-39-42(28-34)47-41-25-22-33(27-40(41)46-39)44(31-16-8-3-9-17-31)32-20-23-38-36(26-32)35-18-10-11-19-37(35)45-38/h1-28H. The van der Waals surface area contributed by atoms with Crippen molar-refractivity contribution in [3.8, 4) is 11.5 Å². The van der Waals surface area contributed by atoms with Gasteiger partial charge in [0, 0.05) is 51.0 Å². The summed E-state index contributed by atoms with van der Waals surface area (Å²) in [5, 5.41) is 2.20. The van der Waals surface area contributed by atoms with Crippen molar-refractivity contribution in [1.29, 1.82) is 0 Å². The predicted molar refractivity (Wildman–Crippen MR) is 194 cm³/mol. The summed E-state index contributed by atoms with van der Waals surface area (Å²) in [6.45, 7) is 0. The lowest BCUT2D eigenvalue weighted by molar-refractivity contribution is 0.455. The molecule has 0 atom stereocenters. The second-order valence-electron chi connectivity index (χ2n) is 11.4. The number of anilines is 6. The zero-order chi connectivity index (χ0) is 31.2. The molecule has 0 N–H and O–H groups in total. The van der Waals surface area contributed by atoms with Gasteiger partial charge in [-0.2, -0.15) is 0 Å². The quantitative estimate of drug-likeness (QED) is 0.184. The number of hydrogen-bond acceptors (Lipinski definition) is 5. The molecule has 4 nitrogen and oxygen atoms in total. The molecule has 1 aromatic heterocycles. The average Bonchev–Trinajstić information content (AvgIpc) is 3.50. The topological polar surface area (TPSA) is 28.9 Å². The van der Waals surface area contributed by atoms with E-state index >= 15 is 0 Å². The molecule has 0 radical (unpaired) electrons. The van der Waals surface area contributed by atoms with Gasteiger partial charge in [-0.3, -0.25) is 0 Å². The third kappa shape index (κ3) is 4.98. The van der Waals surface area contributed by atoms with Crippen molar-refractivity contribution in [2.75, 3.05) is 9.80 Å². The fourth-order valence-corrected chi connectivity index (χ4v) is 7.28. The Morgan fingerprint density at radius 1 is 0.362 bits per heavy atom. The summed E-state index contributed by atoms with van der Waals surface area (Å²) in [7, 11) is 0. The van der Waals surface area contributed by atoms with Gasteiger partial charge >= 0.3 is 0 Å². The van der Waals surface area contributed by atoms with Crippen LogP contribution in [0.15, 0.2) is 184 Å². The van der Waals surface area contributed by atoms with Crippen LogP contribution >= 0.6 is 11.8 Å². The predicted octanol–water partition coefficient (Wildman–Crippen LogP) is 12.8. The van der Waals surface area contributed by atoms with E-state index in [9.17, 15) is 0 Å². The summed E-state index contributed by atoms with van der Waals surface area (Å²) in [4.78, 5) is 6.70. The van der Waals surface area contributed by atoms with Gasteiger partial charge < -0.3 is 19.0 Å². The first-order valence-electron chi connectivity index (χ1n) is 15.6. The van der Waals surface area contributed by atoms with Crippen molar-refractivity contribution in [2.24, 2.45) is 0 Å². The Labute approximate surface area is 277 Å². The number of ether oxygens (including phenoxy) is 1. The highest BCUT2D eigenvalue weighted by Gasteiger charge is 2.23. The molecule has 0 aliphatic carbocycles. The van der Waals surface area contributed by atoms with Crippen LogP contribution in [0.2, 0.25) is 0 Å². The van der Waals surface area contributed by atoms with E-state index in [0.717, 1.165) is 77.4 Å². The van der Waals surface area contributed by atoms with Gasteiger partial charge in [0.05, 0.1) is 9.79 Å². The van der Waals surface area contributed by atoms with Crippen molar-refractivity contribution < 1.29 is 9.15 Å². The SMILES string of the molecule is c1ccc(N(c2ccccc2)c2ccc3c(c2)Sc2ccc(N(c4ccccc4)c4ccc5oc6ccccc6c5c4)cc2O3)cc1. The van der Waals surface area contributed by atoms with Crippen molar-refractivity contribution >= 4 is 67.8 Å². The number of furan rings is 1. The van der Waals surface area contributed by atoms with Crippen LogP contribution in [0.4, 0.5) is 34.1 Å². The lowest BCUT2D eigenvalue weighted by Crippen LogP contribution is -2.11. The van der Waals surface area contributed by atoms with Crippen LogP contribution in [0.5, 0.6) is 11.5 Å². The molecule has 47 heavy (non-hydrogen) atoms. The molecular weight excluding hydrogens is 597 g/mol. The molecule has 0 bridgehead atoms. The summed E-state index contributed by atoms with van der Waals surface area (Å²) in [5.74, 6) is 1.69. The second kappa shape index (κ2) is 11.5. The van der Waals surface area contributed by atoms with E-state index in [1.54, 1.807) is 11.8 Å². The third-order valence-electron chi connectivity index (χ3n) is 8.47. The van der Waals surface area contributed by atoms with E-state index in [1.807, 2.05) is 30.3 Å². The molecule has 0 unspecified atom stereocenters. The molecule has 5 heteroatoms. The van der Waals surface area contributed by atoms with Crippen LogP contribution < -0.4 is 14.5 Å². The Balaban J connectivity index is 1.09. The minimum Gasteiger partial charge on any atom is -0.456 e. The number of nitrogens with zero attached hydrogens (tertiary/aromatic N) is 2. The lowest BCUT2D eigenvalue weighted by atomic mass is 10.1. The van der Waals surface area contributed by atoms with Crippen molar-refractivity contribution in [3.05, 3.63) is 170 Å². The van der Waals surface area contributed by atoms with Crippen LogP contribution in [0, 0.1) is 0 Å². The van der Waals surface area contributed by atoms with Crippen molar-refractivity contribution in [1.82, 2.24) is 0 Å². The van der Waals surface area contributed by atoms with Gasteiger partial charge in [0.2, 0.25) is 0 Å². The number of fused-ring (bicyclic) bond motifs is 5. The highest BCUT2D eigenvalue weighted by atomic mass is 32.2. The largest absolute Gasteiger partial charge is 0.456 e. The molecule has 8 aromatic rings. The minimum absolute atomic E-state index is 0.839. The summed E-state index contributed by atoms with van der Waals surface area (Å²) >= 11 is 1.74. The zero-order valence-electron chi connectivity index (χ0n) is 25.3. The van der Waals surface area contributed by atoms with E-state index in [0.29, 0.717) is 0 Å². The molecule has 0 saturated heterocycles. The number of benzene rings is 7. The first-order chi connectivity index (χ1) is 23.3. The maximum Gasteiger partial charge on any atom is 0.143 e. The van der Waals surface area contributed by atoms with Crippen molar-refractivity contribution in [2.45, 2.75) is 9.79 Å². The normalized spacial score (nSPS) is 11.9. The highest BCUT2D eigenvalue weighted by molar-refractivity contribution is 7.99. The molecule has 0 saturated carbocycles. The fourth-order valence-electron chi connectivity index (χ4n) is 6.32. The third-order valence-corrected chi connectivity index (χ3v) is 9.57. The van der Waals surface area contributed by atoms with Crippen LogP contribution in [0.25, 0.3) is 21.9 Å². The van der Waals surface area contributed by atoms with E-state index in [-0.39, 0.29) is 0 Å². The summed E-state index contributed by atoms with van der Waals surface area (Å²) in [6.07, 6.45) is 0. The molecule has 9 rings (SSSR count). The fraction of sp³-hybridized carbons (Fsp3) is 0. The van der Waals surface area contributed by atoms with Gasteiger partial charge in [0.15, 0.2) is 0 Å². The van der Waals surface area contributed by atoms with Crippen LogP contribution in [0.1, 0.15) is 0 Å². The smallest absolute Gasteiger partial charge is 0.143 e. The Hall–Kier alpha value is -5.91. The van der Waals surface area contributed by atoms with Crippen molar-refractivity contribution in [3.63, 3.8) is 0 Å². The van der Waals surface area contributed by atoms with Gasteiger partial charge in [-0.05, 0) is 91.0 Å². The molecule has 0 amide bonds. The van der Waals surface area contributed by atoms with Crippen LogP contribution in [-0.2, 0) is 0 Å². The minimum atomic E-state index is 0.839. The zero-order valence-corrected chi connectivity index (χ0v) is 26.1. The maximum absolute atomic E-state index is 6.62. The molecular formula is C42H28N2O2S. The Morgan fingerprint density at radius 2 is 0.894 bits per heavy atom. The molecule has 1 aliphatic heterocycles. The highest BCUT2D eigenvalue weighted by Crippen LogP contribution is 2.51. The van der Waals surface area contributed by atoms with E-state index in [2.05, 4.69) is 149 Å². The Kier molecular flexibility index (Phi) is 6.69. The Morgan fingerprint density at radius 3 is 1.60 bits per heavy atom. The van der Waals surface area contributed by atoms with Gasteiger partial charge in [-0.1, -0.05) is 84.6 Å². The molecule has 0 spiro atoms. The molecule has 0 fully saturated rings. The summed E-state index contributed by atoms with van der Waals surface area (Å²) in [5.41, 5.74) is 8.18. The molecule has 1 aliphatic rings. The number of rotatable bonds is 6. The average molecular weight is 625 g/mol. The van der Waals surface area contributed by atoms with Gasteiger partial charge in [-0.15, -0.1) is 0 Å². The number of para-hydroxylation sites is 4.